The average Bonchev–Trinajstić information content (AvgIpc) is 2.46. The Bertz CT molecular complexity index is 423. The zero-order chi connectivity index (χ0) is 13.7. The maximum atomic E-state index is 9.37. The smallest absolute Gasteiger partial charge is 0.0672 e. The van der Waals surface area contributed by atoms with Crippen LogP contribution in [0.4, 0.5) is 0 Å². The second kappa shape index (κ2) is 6.68. The molecule has 3 nitrogen and oxygen atoms in total. The fourth-order valence-electron chi connectivity index (χ4n) is 3.09. The lowest BCUT2D eigenvalue weighted by Gasteiger charge is -2.39. The molecule has 0 radical (unpaired) electrons. The summed E-state index contributed by atoms with van der Waals surface area (Å²) in [6, 6.07) is 7.06. The van der Waals surface area contributed by atoms with Gasteiger partial charge in [-0.3, -0.25) is 9.88 Å². The predicted octanol–water partition coefficient (Wildman–Crippen LogP) is 3.23. The summed E-state index contributed by atoms with van der Waals surface area (Å²) in [4.78, 5) is 6.52. The van der Waals surface area contributed by atoms with E-state index in [0.717, 1.165) is 31.8 Å². The number of nitrogens with zero attached hydrogens (tertiary/aromatic N) is 3. The molecule has 19 heavy (non-hydrogen) atoms. The molecule has 3 unspecified atom stereocenters. The Kier molecular flexibility index (Phi) is 4.93. The van der Waals surface area contributed by atoms with Crippen LogP contribution in [-0.4, -0.2) is 22.5 Å². The molecule has 1 aromatic rings. The summed E-state index contributed by atoms with van der Waals surface area (Å²) in [6.45, 7) is 6.42. The Balaban J connectivity index is 2.09. The minimum Gasteiger partial charge on any atom is -0.295 e. The number of rotatable bonds is 4. The first-order valence-electron chi connectivity index (χ1n) is 7.27. The molecule has 3 atom stereocenters. The molecule has 102 valence electrons. The van der Waals surface area contributed by atoms with Gasteiger partial charge in [0.15, 0.2) is 0 Å². The molecule has 1 fully saturated rings. The maximum absolute atomic E-state index is 9.37. The van der Waals surface area contributed by atoms with Crippen molar-refractivity contribution in [1.82, 2.24) is 9.88 Å². The van der Waals surface area contributed by atoms with Gasteiger partial charge in [0.05, 0.1) is 12.0 Å². The highest BCUT2D eigenvalue weighted by Crippen LogP contribution is 2.32. The second-order valence-corrected chi connectivity index (χ2v) is 5.64. The highest BCUT2D eigenvalue weighted by Gasteiger charge is 2.32. The van der Waals surface area contributed by atoms with E-state index in [0.29, 0.717) is 6.04 Å². The van der Waals surface area contributed by atoms with Gasteiger partial charge in [-0.25, -0.2) is 0 Å². The quantitative estimate of drug-likeness (QED) is 0.831. The first-order valence-corrected chi connectivity index (χ1v) is 7.27. The molecule has 0 bridgehead atoms. The molecule has 0 spiro atoms. The zero-order valence-electron chi connectivity index (χ0n) is 11.9. The standard InChI is InChI=1S/C16H23N3/c1-3-19(12-14-6-8-18-9-7-14)16-10-13(2)4-5-15(16)11-17/h6-9,13,15-16H,3-5,10,12H2,1-2H3. The van der Waals surface area contributed by atoms with Crippen molar-refractivity contribution in [1.29, 1.82) is 5.26 Å². The number of hydrogen-bond acceptors (Lipinski definition) is 3. The van der Waals surface area contributed by atoms with E-state index in [2.05, 4.69) is 41.9 Å². The lowest BCUT2D eigenvalue weighted by Crippen LogP contribution is -2.43. The highest BCUT2D eigenvalue weighted by atomic mass is 15.2. The van der Waals surface area contributed by atoms with E-state index in [1.165, 1.54) is 12.0 Å². The van der Waals surface area contributed by atoms with Crippen molar-refractivity contribution in [2.75, 3.05) is 6.54 Å². The molecule has 3 heteroatoms. The number of nitriles is 1. The first kappa shape index (κ1) is 14.0. The van der Waals surface area contributed by atoms with Crippen molar-refractivity contribution < 1.29 is 0 Å². The third-order valence-corrected chi connectivity index (χ3v) is 4.25. The maximum Gasteiger partial charge on any atom is 0.0672 e. The largest absolute Gasteiger partial charge is 0.295 e. The van der Waals surface area contributed by atoms with E-state index in [-0.39, 0.29) is 5.92 Å². The second-order valence-electron chi connectivity index (χ2n) is 5.64. The van der Waals surface area contributed by atoms with Crippen molar-refractivity contribution in [2.45, 2.75) is 45.7 Å². The Labute approximate surface area is 116 Å². The summed E-state index contributed by atoms with van der Waals surface area (Å²) in [5.74, 6) is 0.930. The van der Waals surface area contributed by atoms with Gasteiger partial charge in [0, 0.05) is 25.0 Å². The molecular weight excluding hydrogens is 234 g/mol. The molecule has 0 saturated heterocycles. The van der Waals surface area contributed by atoms with Gasteiger partial charge in [0.1, 0.15) is 0 Å². The van der Waals surface area contributed by atoms with Gasteiger partial charge in [-0.05, 0) is 49.4 Å². The van der Waals surface area contributed by atoms with E-state index < -0.39 is 0 Å². The monoisotopic (exact) mass is 257 g/mol. The normalized spacial score (nSPS) is 27.2. The zero-order valence-corrected chi connectivity index (χ0v) is 11.9. The van der Waals surface area contributed by atoms with Crippen LogP contribution in [0.25, 0.3) is 0 Å². The van der Waals surface area contributed by atoms with Gasteiger partial charge in [-0.2, -0.15) is 5.26 Å². The van der Waals surface area contributed by atoms with Crippen LogP contribution in [-0.2, 0) is 6.54 Å². The molecule has 0 aromatic carbocycles. The van der Waals surface area contributed by atoms with Crippen LogP contribution in [0.1, 0.15) is 38.7 Å². The van der Waals surface area contributed by atoms with E-state index in [9.17, 15) is 5.26 Å². The molecule has 1 aliphatic carbocycles. The molecule has 1 heterocycles. The minimum absolute atomic E-state index is 0.193. The van der Waals surface area contributed by atoms with Crippen LogP contribution in [0.3, 0.4) is 0 Å². The molecule has 1 aliphatic rings. The summed E-state index contributed by atoms with van der Waals surface area (Å²) >= 11 is 0. The van der Waals surface area contributed by atoms with Gasteiger partial charge in [-0.1, -0.05) is 13.8 Å². The third kappa shape index (κ3) is 3.54. The highest BCUT2D eigenvalue weighted by molar-refractivity contribution is 5.10. The lowest BCUT2D eigenvalue weighted by molar-refractivity contribution is 0.104. The summed E-state index contributed by atoms with van der Waals surface area (Å²) < 4.78 is 0. The average molecular weight is 257 g/mol. The Morgan fingerprint density at radius 2 is 2.11 bits per heavy atom. The van der Waals surface area contributed by atoms with Crippen molar-refractivity contribution in [2.24, 2.45) is 11.8 Å². The van der Waals surface area contributed by atoms with Crippen LogP contribution in [0, 0.1) is 23.2 Å². The number of hydrogen-bond donors (Lipinski definition) is 0. The minimum atomic E-state index is 0.193. The first-order chi connectivity index (χ1) is 9.24. The Morgan fingerprint density at radius 1 is 1.37 bits per heavy atom. The SMILES string of the molecule is CCN(Cc1ccncc1)C1CC(C)CCC1C#N. The molecule has 1 saturated carbocycles. The molecule has 1 aromatic heterocycles. The van der Waals surface area contributed by atoms with Gasteiger partial charge in [0.2, 0.25) is 0 Å². The van der Waals surface area contributed by atoms with Gasteiger partial charge in [0.25, 0.3) is 0 Å². The van der Waals surface area contributed by atoms with E-state index in [1.54, 1.807) is 0 Å². The van der Waals surface area contributed by atoms with Crippen molar-refractivity contribution in [3.63, 3.8) is 0 Å². The summed E-state index contributed by atoms with van der Waals surface area (Å²) in [5.41, 5.74) is 1.28. The molecule has 0 amide bonds. The summed E-state index contributed by atoms with van der Waals surface area (Å²) in [7, 11) is 0. The fourth-order valence-corrected chi connectivity index (χ4v) is 3.09. The predicted molar refractivity (Wildman–Crippen MR) is 76.2 cm³/mol. The van der Waals surface area contributed by atoms with E-state index >= 15 is 0 Å². The van der Waals surface area contributed by atoms with Crippen molar-refractivity contribution in [3.05, 3.63) is 30.1 Å². The summed E-state index contributed by atoms with van der Waals surface area (Å²) in [6.07, 6.45) is 7.08. The van der Waals surface area contributed by atoms with Crippen LogP contribution >= 0.6 is 0 Å². The topological polar surface area (TPSA) is 39.9 Å². The van der Waals surface area contributed by atoms with E-state index in [1.807, 2.05) is 12.4 Å². The molecule has 0 N–H and O–H groups in total. The number of aromatic nitrogens is 1. The van der Waals surface area contributed by atoms with Crippen LogP contribution in [0.2, 0.25) is 0 Å². The lowest BCUT2D eigenvalue weighted by atomic mass is 9.79. The van der Waals surface area contributed by atoms with Crippen LogP contribution in [0.5, 0.6) is 0 Å². The summed E-state index contributed by atoms with van der Waals surface area (Å²) in [5, 5.41) is 9.37. The van der Waals surface area contributed by atoms with Gasteiger partial charge in [-0.15, -0.1) is 0 Å². The van der Waals surface area contributed by atoms with Crippen LogP contribution in [0.15, 0.2) is 24.5 Å². The molecule has 0 aliphatic heterocycles. The number of pyridine rings is 1. The Hall–Kier alpha value is -1.40. The fraction of sp³-hybridized carbons (Fsp3) is 0.625. The molecular formula is C16H23N3. The molecule has 2 rings (SSSR count). The van der Waals surface area contributed by atoms with Gasteiger partial charge >= 0.3 is 0 Å². The van der Waals surface area contributed by atoms with Crippen LogP contribution < -0.4 is 0 Å². The van der Waals surface area contributed by atoms with Crippen molar-refractivity contribution >= 4 is 0 Å². The van der Waals surface area contributed by atoms with Gasteiger partial charge < -0.3 is 0 Å². The van der Waals surface area contributed by atoms with Crippen molar-refractivity contribution in [3.8, 4) is 6.07 Å². The third-order valence-electron chi connectivity index (χ3n) is 4.25. The Morgan fingerprint density at radius 3 is 2.74 bits per heavy atom. The van der Waals surface area contributed by atoms with E-state index in [4.69, 9.17) is 0 Å².